The van der Waals surface area contributed by atoms with Gasteiger partial charge in [-0.05, 0) is 70.9 Å². The number of benzene rings is 3. The van der Waals surface area contributed by atoms with Crippen molar-refractivity contribution in [2.45, 2.75) is 13.0 Å². The summed E-state index contributed by atoms with van der Waals surface area (Å²) >= 11 is 3.42. The molecule has 1 atom stereocenters. The van der Waals surface area contributed by atoms with E-state index in [9.17, 15) is 9.59 Å². The second kappa shape index (κ2) is 11.5. The fourth-order valence-corrected chi connectivity index (χ4v) is 3.50. The van der Waals surface area contributed by atoms with E-state index in [2.05, 4.69) is 26.6 Å². The van der Waals surface area contributed by atoms with E-state index < -0.39 is 0 Å². The molecular formula is C25H25BrN2O4. The predicted octanol–water partition coefficient (Wildman–Crippen LogP) is 5.22. The van der Waals surface area contributed by atoms with Gasteiger partial charge in [-0.25, -0.2) is 0 Å². The van der Waals surface area contributed by atoms with Gasteiger partial charge < -0.3 is 20.1 Å². The van der Waals surface area contributed by atoms with Crippen molar-refractivity contribution in [2.75, 3.05) is 25.6 Å². The molecule has 0 aliphatic carbocycles. The van der Waals surface area contributed by atoms with Crippen LogP contribution in [0.5, 0.6) is 5.75 Å². The van der Waals surface area contributed by atoms with Crippen LogP contribution >= 0.6 is 15.9 Å². The monoisotopic (exact) mass is 496 g/mol. The lowest BCUT2D eigenvalue weighted by Crippen LogP contribution is -2.26. The van der Waals surface area contributed by atoms with E-state index in [1.165, 1.54) is 0 Å². The molecule has 2 N–H and O–H groups in total. The average molecular weight is 497 g/mol. The number of methoxy groups -OCH3 is 1. The van der Waals surface area contributed by atoms with Crippen LogP contribution in [0.15, 0.2) is 77.3 Å². The number of hydrogen-bond acceptors (Lipinski definition) is 4. The van der Waals surface area contributed by atoms with E-state index in [4.69, 9.17) is 9.47 Å². The molecule has 0 heterocycles. The first kappa shape index (κ1) is 23.5. The lowest BCUT2D eigenvalue weighted by atomic mass is 10.1. The van der Waals surface area contributed by atoms with Gasteiger partial charge in [0.25, 0.3) is 11.8 Å². The van der Waals surface area contributed by atoms with Crippen LogP contribution in [0.1, 0.15) is 39.2 Å². The number of halogens is 1. The third-order valence-corrected chi connectivity index (χ3v) is 5.41. The first-order valence-corrected chi connectivity index (χ1v) is 11.0. The van der Waals surface area contributed by atoms with Crippen LogP contribution in [-0.4, -0.2) is 32.1 Å². The summed E-state index contributed by atoms with van der Waals surface area (Å²) < 4.78 is 11.2. The smallest absolute Gasteiger partial charge is 0.255 e. The molecule has 0 spiro atoms. The summed E-state index contributed by atoms with van der Waals surface area (Å²) in [5.41, 5.74) is 2.63. The van der Waals surface area contributed by atoms with E-state index >= 15 is 0 Å². The van der Waals surface area contributed by atoms with Crippen molar-refractivity contribution in [1.29, 1.82) is 0 Å². The van der Waals surface area contributed by atoms with Crippen molar-refractivity contribution in [1.82, 2.24) is 5.32 Å². The quantitative estimate of drug-likeness (QED) is 0.398. The molecule has 166 valence electrons. The fourth-order valence-electron chi connectivity index (χ4n) is 3.01. The Morgan fingerprint density at radius 3 is 2.25 bits per heavy atom. The zero-order valence-electron chi connectivity index (χ0n) is 17.9. The van der Waals surface area contributed by atoms with Gasteiger partial charge in [-0.1, -0.05) is 30.3 Å². The maximum absolute atomic E-state index is 12.6. The maximum Gasteiger partial charge on any atom is 0.255 e. The number of anilines is 1. The lowest BCUT2D eigenvalue weighted by Gasteiger charge is -2.14. The van der Waals surface area contributed by atoms with Gasteiger partial charge in [0.2, 0.25) is 0 Å². The number of carbonyl (C=O) groups is 2. The lowest BCUT2D eigenvalue weighted by molar-refractivity contribution is 0.0939. The van der Waals surface area contributed by atoms with Crippen LogP contribution in [0.3, 0.4) is 0 Å². The van der Waals surface area contributed by atoms with Gasteiger partial charge >= 0.3 is 0 Å². The van der Waals surface area contributed by atoms with Crippen molar-refractivity contribution in [3.8, 4) is 5.75 Å². The summed E-state index contributed by atoms with van der Waals surface area (Å²) in [6, 6.07) is 21.6. The Morgan fingerprint density at radius 1 is 0.906 bits per heavy atom. The van der Waals surface area contributed by atoms with E-state index in [1.807, 2.05) is 37.3 Å². The minimum atomic E-state index is -0.260. The molecule has 0 saturated carbocycles. The topological polar surface area (TPSA) is 76.7 Å². The number of ether oxygens (including phenoxy) is 2. The number of nitrogens with one attached hydrogen (secondary N) is 2. The standard InChI is InChI=1S/C25H25BrN2O4/c1-17(18-6-4-3-5-7-18)27-24(29)19-8-11-21(12-9-19)28-25(30)20-10-13-23(22(26)16-20)32-15-14-31-2/h3-13,16-17H,14-15H2,1-2H3,(H,27,29)(H,28,30). The van der Waals surface area contributed by atoms with Gasteiger partial charge in [0.1, 0.15) is 12.4 Å². The Bertz CT molecular complexity index is 1060. The molecule has 32 heavy (non-hydrogen) atoms. The molecule has 0 aliphatic heterocycles. The summed E-state index contributed by atoms with van der Waals surface area (Å²) in [4.78, 5) is 25.1. The first-order chi connectivity index (χ1) is 15.5. The zero-order chi connectivity index (χ0) is 22.9. The SMILES string of the molecule is COCCOc1ccc(C(=O)Nc2ccc(C(=O)NC(C)c3ccccc3)cc2)cc1Br. The molecule has 0 aromatic heterocycles. The van der Waals surface area contributed by atoms with Gasteiger partial charge in [-0.15, -0.1) is 0 Å². The average Bonchev–Trinajstić information content (AvgIpc) is 2.81. The van der Waals surface area contributed by atoms with E-state index in [-0.39, 0.29) is 17.9 Å². The summed E-state index contributed by atoms with van der Waals surface area (Å²) in [5, 5.41) is 5.81. The highest BCUT2D eigenvalue weighted by molar-refractivity contribution is 9.10. The van der Waals surface area contributed by atoms with Gasteiger partial charge in [0.05, 0.1) is 17.1 Å². The highest BCUT2D eigenvalue weighted by Gasteiger charge is 2.13. The largest absolute Gasteiger partial charge is 0.490 e. The Labute approximate surface area is 196 Å². The summed E-state index contributed by atoms with van der Waals surface area (Å²) in [6.07, 6.45) is 0. The number of hydrogen-bond donors (Lipinski definition) is 2. The van der Waals surface area contributed by atoms with Crippen molar-refractivity contribution >= 4 is 33.4 Å². The third-order valence-electron chi connectivity index (χ3n) is 4.79. The van der Waals surface area contributed by atoms with Crippen molar-refractivity contribution in [3.63, 3.8) is 0 Å². The zero-order valence-corrected chi connectivity index (χ0v) is 19.5. The summed E-state index contributed by atoms with van der Waals surface area (Å²) in [6.45, 7) is 2.84. The molecular weight excluding hydrogens is 472 g/mol. The van der Waals surface area contributed by atoms with Crippen LogP contribution < -0.4 is 15.4 Å². The minimum absolute atomic E-state index is 0.108. The first-order valence-electron chi connectivity index (χ1n) is 10.2. The van der Waals surface area contributed by atoms with Crippen LogP contribution in [0, 0.1) is 0 Å². The molecule has 0 radical (unpaired) electrons. The number of rotatable bonds is 9. The Morgan fingerprint density at radius 2 is 1.59 bits per heavy atom. The van der Waals surface area contributed by atoms with Gasteiger partial charge in [-0.2, -0.15) is 0 Å². The Hall–Kier alpha value is -3.16. The van der Waals surface area contributed by atoms with E-state index in [1.54, 1.807) is 49.6 Å². The van der Waals surface area contributed by atoms with Gasteiger partial charge in [0.15, 0.2) is 0 Å². The number of carbonyl (C=O) groups excluding carboxylic acids is 2. The van der Waals surface area contributed by atoms with Crippen LogP contribution in [0.2, 0.25) is 0 Å². The summed E-state index contributed by atoms with van der Waals surface area (Å²) in [5.74, 6) is 0.204. The van der Waals surface area contributed by atoms with Gasteiger partial charge in [0, 0.05) is 23.9 Å². The second-order valence-electron chi connectivity index (χ2n) is 7.12. The molecule has 7 heteroatoms. The molecule has 1 unspecified atom stereocenters. The van der Waals surface area contributed by atoms with Crippen molar-refractivity contribution < 1.29 is 19.1 Å². The van der Waals surface area contributed by atoms with E-state index in [0.717, 1.165) is 5.56 Å². The highest BCUT2D eigenvalue weighted by atomic mass is 79.9. The minimum Gasteiger partial charge on any atom is -0.490 e. The van der Waals surface area contributed by atoms with Crippen LogP contribution in [0.4, 0.5) is 5.69 Å². The molecule has 0 aliphatic rings. The Kier molecular flexibility index (Phi) is 8.41. The molecule has 0 bridgehead atoms. The third kappa shape index (κ3) is 6.42. The fraction of sp³-hybridized carbons (Fsp3) is 0.200. The van der Waals surface area contributed by atoms with Crippen LogP contribution in [-0.2, 0) is 4.74 Å². The normalized spacial score (nSPS) is 11.5. The van der Waals surface area contributed by atoms with Gasteiger partial charge in [-0.3, -0.25) is 9.59 Å². The maximum atomic E-state index is 12.6. The molecule has 0 saturated heterocycles. The highest BCUT2D eigenvalue weighted by Crippen LogP contribution is 2.26. The van der Waals surface area contributed by atoms with Crippen molar-refractivity contribution in [2.24, 2.45) is 0 Å². The van der Waals surface area contributed by atoms with E-state index in [0.29, 0.717) is 40.3 Å². The summed E-state index contributed by atoms with van der Waals surface area (Å²) in [7, 11) is 1.61. The molecule has 3 rings (SSSR count). The second-order valence-corrected chi connectivity index (χ2v) is 7.98. The predicted molar refractivity (Wildman–Crippen MR) is 128 cm³/mol. The molecule has 6 nitrogen and oxygen atoms in total. The van der Waals surface area contributed by atoms with Crippen molar-refractivity contribution in [3.05, 3.63) is 94.0 Å². The molecule has 0 fully saturated rings. The van der Waals surface area contributed by atoms with Crippen LogP contribution in [0.25, 0.3) is 0 Å². The molecule has 3 aromatic carbocycles. The Balaban J connectivity index is 1.58. The molecule has 2 amide bonds. The molecule has 3 aromatic rings. The number of amides is 2.